The number of rotatable bonds is 6. The van der Waals surface area contributed by atoms with Crippen LogP contribution in [0, 0.1) is 0 Å². The molecular weight excluding hydrogens is 346 g/mol. The van der Waals surface area contributed by atoms with Gasteiger partial charge in [0.2, 0.25) is 11.8 Å². The van der Waals surface area contributed by atoms with E-state index in [2.05, 4.69) is 14.9 Å². The van der Waals surface area contributed by atoms with E-state index < -0.39 is 10.0 Å². The summed E-state index contributed by atoms with van der Waals surface area (Å²) in [5.41, 5.74) is 2.15. The van der Waals surface area contributed by atoms with Gasteiger partial charge in [-0.05, 0) is 24.1 Å². The fraction of sp³-hybridized carbons (Fsp3) is 0.250. The summed E-state index contributed by atoms with van der Waals surface area (Å²) in [5.74, 6) is 0.856. The highest BCUT2D eigenvalue weighted by Crippen LogP contribution is 2.29. The second-order valence-electron chi connectivity index (χ2n) is 5.13. The average molecular weight is 363 g/mol. The Kier molecular flexibility index (Phi) is 4.68. The van der Waals surface area contributed by atoms with E-state index in [4.69, 9.17) is 4.42 Å². The van der Waals surface area contributed by atoms with Crippen molar-refractivity contribution < 1.29 is 12.8 Å². The van der Waals surface area contributed by atoms with E-state index in [-0.39, 0.29) is 4.21 Å². The number of aromatic nitrogens is 2. The first-order valence-corrected chi connectivity index (χ1v) is 9.91. The van der Waals surface area contributed by atoms with E-state index in [1.165, 1.54) is 0 Å². The Morgan fingerprint density at radius 1 is 1.17 bits per heavy atom. The number of aryl methyl sites for hydroxylation is 2. The number of thiophene rings is 1. The molecule has 0 spiro atoms. The zero-order chi connectivity index (χ0) is 17.2. The first-order chi connectivity index (χ1) is 11.5. The van der Waals surface area contributed by atoms with E-state index in [0.717, 1.165) is 23.3 Å². The van der Waals surface area contributed by atoms with Gasteiger partial charge in [0.25, 0.3) is 10.0 Å². The lowest BCUT2D eigenvalue weighted by molar-refractivity contribution is 0.513. The molecule has 0 aliphatic carbocycles. The molecule has 0 aliphatic heterocycles. The standard InChI is InChI=1S/C16H17N3O3S2/c1-3-11-7-5-6-8-13(11)19-24(20,21)15-9-12(10-23-15)16-18-17-14(4-2)22-16/h5-10,19H,3-4H2,1-2H3. The molecule has 3 rings (SSSR count). The van der Waals surface area contributed by atoms with Crippen LogP contribution in [0.2, 0.25) is 0 Å². The van der Waals surface area contributed by atoms with Crippen molar-refractivity contribution in [1.82, 2.24) is 10.2 Å². The van der Waals surface area contributed by atoms with Gasteiger partial charge in [0, 0.05) is 11.8 Å². The van der Waals surface area contributed by atoms with Crippen LogP contribution >= 0.6 is 11.3 Å². The number of nitrogens with zero attached hydrogens (tertiary/aromatic N) is 2. The van der Waals surface area contributed by atoms with Crippen molar-refractivity contribution in [2.75, 3.05) is 4.72 Å². The summed E-state index contributed by atoms with van der Waals surface area (Å²) in [5, 5.41) is 9.54. The molecule has 0 radical (unpaired) electrons. The molecule has 0 unspecified atom stereocenters. The summed E-state index contributed by atoms with van der Waals surface area (Å²) in [6.07, 6.45) is 1.38. The molecule has 1 N–H and O–H groups in total. The van der Waals surface area contributed by atoms with E-state index in [0.29, 0.717) is 29.5 Å². The third kappa shape index (κ3) is 3.34. The van der Waals surface area contributed by atoms with E-state index in [1.807, 2.05) is 32.0 Å². The lowest BCUT2D eigenvalue weighted by Crippen LogP contribution is -2.12. The molecular formula is C16H17N3O3S2. The topological polar surface area (TPSA) is 85.1 Å². The smallest absolute Gasteiger partial charge is 0.271 e. The highest BCUT2D eigenvalue weighted by Gasteiger charge is 2.20. The largest absolute Gasteiger partial charge is 0.421 e. The average Bonchev–Trinajstić information content (AvgIpc) is 3.24. The summed E-state index contributed by atoms with van der Waals surface area (Å²) in [6, 6.07) is 8.91. The van der Waals surface area contributed by atoms with Crippen molar-refractivity contribution in [3.8, 4) is 11.5 Å². The van der Waals surface area contributed by atoms with Gasteiger partial charge < -0.3 is 4.42 Å². The van der Waals surface area contributed by atoms with Crippen LogP contribution in [0.25, 0.3) is 11.5 Å². The molecule has 2 aromatic heterocycles. The molecule has 6 nitrogen and oxygen atoms in total. The van der Waals surface area contributed by atoms with Crippen LogP contribution in [0.15, 0.2) is 44.3 Å². The second kappa shape index (κ2) is 6.74. The number of para-hydroxylation sites is 1. The Morgan fingerprint density at radius 2 is 1.96 bits per heavy atom. The van der Waals surface area contributed by atoms with Crippen LogP contribution in [0.4, 0.5) is 5.69 Å². The fourth-order valence-electron chi connectivity index (χ4n) is 2.21. The van der Waals surface area contributed by atoms with E-state index in [9.17, 15) is 8.42 Å². The Labute approximate surface area is 144 Å². The molecule has 2 heterocycles. The van der Waals surface area contributed by atoms with Crippen molar-refractivity contribution in [3.63, 3.8) is 0 Å². The van der Waals surface area contributed by atoms with Crippen LogP contribution in [0.3, 0.4) is 0 Å². The SMILES string of the molecule is CCc1nnc(-c2csc(S(=O)(=O)Nc3ccccc3CC)c2)o1. The van der Waals surface area contributed by atoms with Gasteiger partial charge in [-0.1, -0.05) is 32.0 Å². The van der Waals surface area contributed by atoms with Crippen molar-refractivity contribution in [2.45, 2.75) is 30.9 Å². The Hall–Kier alpha value is -2.19. The number of hydrogen-bond donors (Lipinski definition) is 1. The van der Waals surface area contributed by atoms with Gasteiger partial charge in [-0.15, -0.1) is 21.5 Å². The predicted molar refractivity (Wildman–Crippen MR) is 93.6 cm³/mol. The molecule has 8 heteroatoms. The molecule has 0 amide bonds. The maximum absolute atomic E-state index is 12.6. The predicted octanol–water partition coefficient (Wildman–Crippen LogP) is 3.72. The van der Waals surface area contributed by atoms with E-state index >= 15 is 0 Å². The van der Waals surface area contributed by atoms with Crippen molar-refractivity contribution in [2.24, 2.45) is 0 Å². The molecule has 0 aliphatic rings. The van der Waals surface area contributed by atoms with Crippen LogP contribution in [0.1, 0.15) is 25.3 Å². The molecule has 24 heavy (non-hydrogen) atoms. The number of anilines is 1. The maximum Gasteiger partial charge on any atom is 0.271 e. The summed E-state index contributed by atoms with van der Waals surface area (Å²) in [4.78, 5) is 0. The van der Waals surface area contributed by atoms with Crippen LogP contribution in [-0.2, 0) is 22.9 Å². The molecule has 0 atom stereocenters. The van der Waals surface area contributed by atoms with Gasteiger partial charge >= 0.3 is 0 Å². The van der Waals surface area contributed by atoms with Gasteiger partial charge in [0.15, 0.2) is 0 Å². The first-order valence-electron chi connectivity index (χ1n) is 7.55. The molecule has 0 saturated carbocycles. The third-order valence-electron chi connectivity index (χ3n) is 3.50. The van der Waals surface area contributed by atoms with Crippen LogP contribution in [0.5, 0.6) is 0 Å². The van der Waals surface area contributed by atoms with E-state index in [1.54, 1.807) is 17.5 Å². The first kappa shape index (κ1) is 16.7. The number of nitrogens with one attached hydrogen (secondary N) is 1. The quantitative estimate of drug-likeness (QED) is 0.721. The maximum atomic E-state index is 12.6. The lowest BCUT2D eigenvalue weighted by Gasteiger charge is -2.10. The van der Waals surface area contributed by atoms with Gasteiger partial charge in [0.1, 0.15) is 4.21 Å². The van der Waals surface area contributed by atoms with Gasteiger partial charge in [-0.3, -0.25) is 4.72 Å². The van der Waals surface area contributed by atoms with Crippen LogP contribution < -0.4 is 4.72 Å². The minimum Gasteiger partial charge on any atom is -0.421 e. The summed E-state index contributed by atoms with van der Waals surface area (Å²) < 4.78 is 33.5. The normalized spacial score (nSPS) is 11.6. The van der Waals surface area contributed by atoms with Gasteiger partial charge in [-0.2, -0.15) is 0 Å². The van der Waals surface area contributed by atoms with Gasteiger partial charge in [-0.25, -0.2) is 8.42 Å². The zero-order valence-corrected chi connectivity index (χ0v) is 14.9. The highest BCUT2D eigenvalue weighted by atomic mass is 32.2. The van der Waals surface area contributed by atoms with Crippen molar-refractivity contribution in [1.29, 1.82) is 0 Å². The zero-order valence-electron chi connectivity index (χ0n) is 13.3. The van der Waals surface area contributed by atoms with Gasteiger partial charge in [0.05, 0.1) is 11.3 Å². The summed E-state index contributed by atoms with van der Waals surface area (Å²) in [7, 11) is -3.65. The van der Waals surface area contributed by atoms with Crippen molar-refractivity contribution >= 4 is 27.0 Å². The lowest BCUT2D eigenvalue weighted by atomic mass is 10.1. The highest BCUT2D eigenvalue weighted by molar-refractivity contribution is 7.94. The Balaban J connectivity index is 1.88. The molecule has 3 aromatic rings. The molecule has 0 saturated heterocycles. The van der Waals surface area contributed by atoms with Crippen molar-refractivity contribution in [3.05, 3.63) is 47.2 Å². The second-order valence-corrected chi connectivity index (χ2v) is 7.95. The fourth-order valence-corrected chi connectivity index (χ4v) is 4.46. The minimum absolute atomic E-state index is 0.208. The number of hydrogen-bond acceptors (Lipinski definition) is 6. The third-order valence-corrected chi connectivity index (χ3v) is 6.30. The molecule has 0 fully saturated rings. The summed E-state index contributed by atoms with van der Waals surface area (Å²) >= 11 is 1.12. The Morgan fingerprint density at radius 3 is 2.67 bits per heavy atom. The molecule has 126 valence electrons. The number of sulfonamides is 1. The molecule has 1 aromatic carbocycles. The Bertz CT molecular complexity index is 945. The number of benzene rings is 1. The molecule has 0 bridgehead atoms. The monoisotopic (exact) mass is 363 g/mol. The van der Waals surface area contributed by atoms with Crippen LogP contribution in [-0.4, -0.2) is 18.6 Å². The minimum atomic E-state index is -3.65. The summed E-state index contributed by atoms with van der Waals surface area (Å²) in [6.45, 7) is 3.90.